The summed E-state index contributed by atoms with van der Waals surface area (Å²) in [6.45, 7) is 4.15. The van der Waals surface area contributed by atoms with Crippen molar-refractivity contribution in [2.75, 3.05) is 11.1 Å². The smallest absolute Gasteiger partial charge is 0.238 e. The highest BCUT2D eigenvalue weighted by Gasteiger charge is 2.24. The minimum Gasteiger partial charge on any atom is -0.381 e. The van der Waals surface area contributed by atoms with Crippen LogP contribution in [-0.2, 0) is 10.0 Å². The van der Waals surface area contributed by atoms with Crippen molar-refractivity contribution in [1.82, 2.24) is 0 Å². The van der Waals surface area contributed by atoms with Gasteiger partial charge in [-0.2, -0.15) is 11.8 Å². The molecule has 1 saturated heterocycles. The van der Waals surface area contributed by atoms with Crippen LogP contribution >= 0.6 is 11.8 Å². The van der Waals surface area contributed by atoms with Crippen molar-refractivity contribution in [2.24, 2.45) is 5.14 Å². The van der Waals surface area contributed by atoms with Gasteiger partial charge in [-0.25, -0.2) is 13.6 Å². The van der Waals surface area contributed by atoms with Gasteiger partial charge < -0.3 is 5.32 Å². The highest BCUT2D eigenvalue weighted by Crippen LogP contribution is 2.30. The van der Waals surface area contributed by atoms with Crippen LogP contribution in [0.5, 0.6) is 0 Å². The van der Waals surface area contributed by atoms with Crippen molar-refractivity contribution >= 4 is 27.5 Å². The monoisotopic (exact) mass is 286 g/mol. The Morgan fingerprint density at radius 1 is 1.44 bits per heavy atom. The Morgan fingerprint density at radius 3 is 2.72 bits per heavy atom. The number of primary sulfonamides is 1. The Balaban J connectivity index is 2.27. The summed E-state index contributed by atoms with van der Waals surface area (Å²) in [7, 11) is -3.63. The van der Waals surface area contributed by atoms with E-state index in [-0.39, 0.29) is 4.90 Å². The molecule has 1 aromatic carbocycles. The van der Waals surface area contributed by atoms with Crippen LogP contribution in [0.25, 0.3) is 0 Å². The lowest BCUT2D eigenvalue weighted by Crippen LogP contribution is -2.25. The molecule has 1 fully saturated rings. The van der Waals surface area contributed by atoms with Gasteiger partial charge in [-0.05, 0) is 36.8 Å². The maximum Gasteiger partial charge on any atom is 0.238 e. The Labute approximate surface area is 112 Å². The van der Waals surface area contributed by atoms with E-state index in [4.69, 9.17) is 5.14 Å². The minimum absolute atomic E-state index is 0.161. The predicted molar refractivity (Wildman–Crippen MR) is 76.5 cm³/mol. The molecule has 0 amide bonds. The lowest BCUT2D eigenvalue weighted by Gasteiger charge is -2.20. The fourth-order valence-electron chi connectivity index (χ4n) is 2.05. The number of benzene rings is 1. The quantitative estimate of drug-likeness (QED) is 0.891. The molecule has 2 unspecified atom stereocenters. The summed E-state index contributed by atoms with van der Waals surface area (Å²) in [6.07, 6.45) is 1.10. The van der Waals surface area contributed by atoms with Crippen LogP contribution in [0.4, 0.5) is 5.69 Å². The zero-order valence-corrected chi connectivity index (χ0v) is 12.1. The van der Waals surface area contributed by atoms with Crippen LogP contribution in [0.15, 0.2) is 23.1 Å². The van der Waals surface area contributed by atoms with Gasteiger partial charge in [-0.15, -0.1) is 0 Å². The molecule has 1 aliphatic heterocycles. The van der Waals surface area contributed by atoms with E-state index in [1.807, 2.05) is 18.7 Å². The van der Waals surface area contributed by atoms with E-state index in [0.717, 1.165) is 23.4 Å². The maximum absolute atomic E-state index is 11.3. The van der Waals surface area contributed by atoms with E-state index in [2.05, 4.69) is 12.2 Å². The molecule has 18 heavy (non-hydrogen) atoms. The molecule has 4 nitrogen and oxygen atoms in total. The van der Waals surface area contributed by atoms with E-state index >= 15 is 0 Å². The molecule has 0 aliphatic carbocycles. The average Bonchev–Trinajstić information content (AvgIpc) is 2.66. The third kappa shape index (κ3) is 2.99. The summed E-state index contributed by atoms with van der Waals surface area (Å²) in [5.74, 6) is 1.15. The number of sulfonamides is 1. The topological polar surface area (TPSA) is 72.2 Å². The van der Waals surface area contributed by atoms with Gasteiger partial charge in [-0.3, -0.25) is 0 Å². The molecule has 100 valence electrons. The summed E-state index contributed by atoms with van der Waals surface area (Å²) in [4.78, 5) is 0.161. The number of anilines is 1. The second kappa shape index (κ2) is 5.11. The highest BCUT2D eigenvalue weighted by molar-refractivity contribution is 8.00. The second-order valence-corrected chi connectivity index (χ2v) is 7.68. The molecule has 1 heterocycles. The van der Waals surface area contributed by atoms with Gasteiger partial charge in [-0.1, -0.05) is 13.0 Å². The molecule has 6 heteroatoms. The Kier molecular flexibility index (Phi) is 3.89. The van der Waals surface area contributed by atoms with Gasteiger partial charge in [0, 0.05) is 17.0 Å². The standard InChI is InChI=1S/C12H18N2O2S2/c1-8-3-4-10(18(13,15)16)7-12(8)14-11-5-6-17-9(11)2/h3-4,7,9,11,14H,5-6H2,1-2H3,(H2,13,15,16). The molecular weight excluding hydrogens is 268 g/mol. The molecule has 1 aliphatic rings. The average molecular weight is 286 g/mol. The van der Waals surface area contributed by atoms with Crippen LogP contribution in [0.3, 0.4) is 0 Å². The highest BCUT2D eigenvalue weighted by atomic mass is 32.2. The van der Waals surface area contributed by atoms with E-state index in [0.29, 0.717) is 11.3 Å². The zero-order valence-electron chi connectivity index (χ0n) is 10.5. The minimum atomic E-state index is -3.63. The van der Waals surface area contributed by atoms with E-state index < -0.39 is 10.0 Å². The maximum atomic E-state index is 11.3. The molecule has 0 radical (unpaired) electrons. The van der Waals surface area contributed by atoms with Gasteiger partial charge in [0.1, 0.15) is 0 Å². The molecule has 1 aromatic rings. The van der Waals surface area contributed by atoms with Crippen molar-refractivity contribution in [2.45, 2.75) is 36.5 Å². The first-order valence-corrected chi connectivity index (χ1v) is 8.49. The first-order chi connectivity index (χ1) is 8.38. The van der Waals surface area contributed by atoms with Gasteiger partial charge in [0.25, 0.3) is 0 Å². The summed E-state index contributed by atoms with van der Waals surface area (Å²) in [5.41, 5.74) is 1.90. The van der Waals surface area contributed by atoms with Crippen molar-refractivity contribution in [3.8, 4) is 0 Å². The SMILES string of the molecule is Cc1ccc(S(N)(=O)=O)cc1NC1CCSC1C. The van der Waals surface area contributed by atoms with Crippen LogP contribution in [0.2, 0.25) is 0 Å². The number of nitrogens with two attached hydrogens (primary N) is 1. The zero-order chi connectivity index (χ0) is 13.3. The molecule has 0 aromatic heterocycles. The second-order valence-electron chi connectivity index (χ2n) is 4.64. The Bertz CT molecular complexity index is 543. The molecule has 0 saturated carbocycles. The van der Waals surface area contributed by atoms with Crippen molar-refractivity contribution in [3.63, 3.8) is 0 Å². The number of thioether (sulfide) groups is 1. The number of aryl methyl sites for hydroxylation is 1. The molecular formula is C12H18N2O2S2. The third-order valence-corrected chi connectivity index (χ3v) is 5.49. The van der Waals surface area contributed by atoms with Gasteiger partial charge >= 0.3 is 0 Å². The fraction of sp³-hybridized carbons (Fsp3) is 0.500. The van der Waals surface area contributed by atoms with Gasteiger partial charge in [0.15, 0.2) is 0 Å². The third-order valence-electron chi connectivity index (χ3n) is 3.25. The van der Waals surface area contributed by atoms with Crippen molar-refractivity contribution in [1.29, 1.82) is 0 Å². The first-order valence-electron chi connectivity index (χ1n) is 5.89. The normalized spacial score (nSPS) is 24.2. The molecule has 0 spiro atoms. The molecule has 2 rings (SSSR count). The van der Waals surface area contributed by atoms with Crippen LogP contribution in [0.1, 0.15) is 18.9 Å². The summed E-state index contributed by atoms with van der Waals surface area (Å²) in [6, 6.07) is 5.35. The number of nitrogens with one attached hydrogen (secondary N) is 1. The lowest BCUT2D eigenvalue weighted by atomic mass is 10.1. The molecule has 0 bridgehead atoms. The van der Waals surface area contributed by atoms with E-state index in [1.54, 1.807) is 18.2 Å². The Morgan fingerprint density at radius 2 is 2.17 bits per heavy atom. The van der Waals surface area contributed by atoms with Gasteiger partial charge in [0.2, 0.25) is 10.0 Å². The number of hydrogen-bond donors (Lipinski definition) is 2. The van der Waals surface area contributed by atoms with Crippen molar-refractivity contribution < 1.29 is 8.42 Å². The summed E-state index contributed by atoms with van der Waals surface area (Å²) in [5, 5.41) is 9.13. The largest absolute Gasteiger partial charge is 0.381 e. The van der Waals surface area contributed by atoms with Crippen LogP contribution in [-0.4, -0.2) is 25.5 Å². The summed E-state index contributed by atoms with van der Waals surface area (Å²) >= 11 is 1.93. The Hall–Kier alpha value is -0.720. The lowest BCUT2D eigenvalue weighted by molar-refractivity contribution is 0.597. The molecule has 3 N–H and O–H groups in total. The van der Waals surface area contributed by atoms with E-state index in [1.165, 1.54) is 0 Å². The van der Waals surface area contributed by atoms with Crippen LogP contribution < -0.4 is 10.5 Å². The summed E-state index contributed by atoms with van der Waals surface area (Å²) < 4.78 is 22.7. The van der Waals surface area contributed by atoms with E-state index in [9.17, 15) is 8.42 Å². The number of rotatable bonds is 3. The molecule has 2 atom stereocenters. The fourth-order valence-corrected chi connectivity index (χ4v) is 3.79. The van der Waals surface area contributed by atoms with Crippen LogP contribution in [0, 0.1) is 6.92 Å². The van der Waals surface area contributed by atoms with Gasteiger partial charge in [0.05, 0.1) is 4.90 Å². The predicted octanol–water partition coefficient (Wildman–Crippen LogP) is 1.95. The first kappa shape index (κ1) is 13.7. The number of hydrogen-bond acceptors (Lipinski definition) is 4. The van der Waals surface area contributed by atoms with Crippen molar-refractivity contribution in [3.05, 3.63) is 23.8 Å².